The van der Waals surface area contributed by atoms with Gasteiger partial charge >= 0.3 is 0 Å². The lowest BCUT2D eigenvalue weighted by atomic mass is 10.1. The third kappa shape index (κ3) is 2.86. The van der Waals surface area contributed by atoms with Crippen LogP contribution in [0.1, 0.15) is 28.8 Å². The molecule has 2 rings (SSSR count). The molecule has 0 amide bonds. The topological polar surface area (TPSA) is 24.9 Å². The van der Waals surface area contributed by atoms with Crippen LogP contribution in [0.15, 0.2) is 23.6 Å². The van der Waals surface area contributed by atoms with Gasteiger partial charge in [-0.25, -0.2) is 4.98 Å². The van der Waals surface area contributed by atoms with E-state index in [1.54, 1.807) is 11.3 Å². The minimum atomic E-state index is 0.808. The van der Waals surface area contributed by atoms with Crippen molar-refractivity contribution < 1.29 is 0 Å². The largest absolute Gasteiger partial charge is 0.379 e. The predicted octanol–water partition coefficient (Wildman–Crippen LogP) is 3.93. The van der Waals surface area contributed by atoms with Gasteiger partial charge in [0.1, 0.15) is 0 Å². The summed E-state index contributed by atoms with van der Waals surface area (Å²) in [4.78, 5) is 4.47. The van der Waals surface area contributed by atoms with Crippen LogP contribution >= 0.6 is 11.3 Å². The van der Waals surface area contributed by atoms with E-state index < -0.39 is 0 Å². The van der Waals surface area contributed by atoms with Gasteiger partial charge in [-0.05, 0) is 31.4 Å². The number of hydrogen-bond acceptors (Lipinski definition) is 3. The van der Waals surface area contributed by atoms with Crippen molar-refractivity contribution in [3.63, 3.8) is 0 Å². The van der Waals surface area contributed by atoms with E-state index in [-0.39, 0.29) is 0 Å². The van der Waals surface area contributed by atoms with Gasteiger partial charge in [0, 0.05) is 11.1 Å². The number of aromatic nitrogens is 1. The highest BCUT2D eigenvalue weighted by atomic mass is 32.1. The van der Waals surface area contributed by atoms with E-state index in [1.807, 2.05) is 6.92 Å². The molecule has 3 heteroatoms. The minimum Gasteiger partial charge on any atom is -0.379 e. The average molecular weight is 246 g/mol. The standard InChI is InChI=1S/C14H18N2S/c1-4-12-7-5-6-10(2)14(12)15-8-13-9-17-11(3)16-13/h5-7,9,15H,4,8H2,1-3H3. The highest BCUT2D eigenvalue weighted by Gasteiger charge is 2.04. The van der Waals surface area contributed by atoms with E-state index in [1.165, 1.54) is 16.8 Å². The third-order valence-corrected chi connectivity index (χ3v) is 3.68. The maximum absolute atomic E-state index is 4.47. The van der Waals surface area contributed by atoms with Gasteiger partial charge in [0.05, 0.1) is 17.2 Å². The Bertz CT molecular complexity index is 503. The Morgan fingerprint density at radius 1 is 1.29 bits per heavy atom. The monoisotopic (exact) mass is 246 g/mol. The first-order valence-corrected chi connectivity index (χ1v) is 6.82. The molecule has 1 aromatic heterocycles. The first-order chi connectivity index (χ1) is 8.20. The van der Waals surface area contributed by atoms with Crippen molar-refractivity contribution in [2.24, 2.45) is 0 Å². The first-order valence-electron chi connectivity index (χ1n) is 5.94. The first kappa shape index (κ1) is 12.1. The minimum absolute atomic E-state index is 0.808. The zero-order chi connectivity index (χ0) is 12.3. The Morgan fingerprint density at radius 2 is 2.12 bits per heavy atom. The molecule has 0 bridgehead atoms. The Morgan fingerprint density at radius 3 is 2.76 bits per heavy atom. The molecule has 2 nitrogen and oxygen atoms in total. The molecule has 90 valence electrons. The molecule has 0 atom stereocenters. The fourth-order valence-electron chi connectivity index (χ4n) is 1.94. The van der Waals surface area contributed by atoms with Crippen LogP contribution in [0.2, 0.25) is 0 Å². The van der Waals surface area contributed by atoms with Crippen molar-refractivity contribution >= 4 is 17.0 Å². The summed E-state index contributed by atoms with van der Waals surface area (Å²) in [6.45, 7) is 7.18. The number of thiazole rings is 1. The second kappa shape index (κ2) is 5.32. The lowest BCUT2D eigenvalue weighted by Crippen LogP contribution is -2.04. The van der Waals surface area contributed by atoms with Gasteiger partial charge < -0.3 is 5.32 Å². The van der Waals surface area contributed by atoms with Crippen molar-refractivity contribution in [1.29, 1.82) is 0 Å². The van der Waals surface area contributed by atoms with Gasteiger partial charge in [-0.3, -0.25) is 0 Å². The summed E-state index contributed by atoms with van der Waals surface area (Å²) in [5.41, 5.74) is 5.06. The van der Waals surface area contributed by atoms with Crippen LogP contribution in [0.3, 0.4) is 0 Å². The zero-order valence-corrected chi connectivity index (χ0v) is 11.4. The van der Waals surface area contributed by atoms with Crippen LogP contribution < -0.4 is 5.32 Å². The van der Waals surface area contributed by atoms with Crippen LogP contribution in [0, 0.1) is 13.8 Å². The number of aryl methyl sites for hydroxylation is 3. The van der Waals surface area contributed by atoms with Crippen LogP contribution in [-0.4, -0.2) is 4.98 Å². The summed E-state index contributed by atoms with van der Waals surface area (Å²) in [5, 5.41) is 6.75. The molecular weight excluding hydrogens is 228 g/mol. The highest BCUT2D eigenvalue weighted by molar-refractivity contribution is 7.09. The molecule has 0 spiro atoms. The van der Waals surface area contributed by atoms with Gasteiger partial charge in [0.15, 0.2) is 0 Å². The summed E-state index contributed by atoms with van der Waals surface area (Å²) in [6, 6.07) is 6.45. The van der Waals surface area contributed by atoms with Crippen molar-refractivity contribution in [1.82, 2.24) is 4.98 Å². The maximum Gasteiger partial charge on any atom is 0.0898 e. The fourth-order valence-corrected chi connectivity index (χ4v) is 2.56. The normalized spacial score (nSPS) is 10.5. The van der Waals surface area contributed by atoms with E-state index in [0.29, 0.717) is 0 Å². The molecule has 2 aromatic rings. The second-order valence-electron chi connectivity index (χ2n) is 4.17. The molecule has 0 radical (unpaired) electrons. The number of para-hydroxylation sites is 1. The number of hydrogen-bond donors (Lipinski definition) is 1. The van der Waals surface area contributed by atoms with Crippen molar-refractivity contribution in [3.05, 3.63) is 45.4 Å². The molecule has 0 aliphatic rings. The Balaban J connectivity index is 2.13. The Hall–Kier alpha value is -1.35. The van der Waals surface area contributed by atoms with Gasteiger partial charge in [-0.1, -0.05) is 25.1 Å². The summed E-state index contributed by atoms with van der Waals surface area (Å²) >= 11 is 1.70. The predicted molar refractivity (Wildman–Crippen MR) is 74.7 cm³/mol. The van der Waals surface area contributed by atoms with Crippen molar-refractivity contribution in [2.75, 3.05) is 5.32 Å². The fraction of sp³-hybridized carbons (Fsp3) is 0.357. The quantitative estimate of drug-likeness (QED) is 0.884. The summed E-state index contributed by atoms with van der Waals surface area (Å²) in [7, 11) is 0. The molecule has 17 heavy (non-hydrogen) atoms. The van der Waals surface area contributed by atoms with Gasteiger partial charge in [0.25, 0.3) is 0 Å². The van der Waals surface area contributed by atoms with Crippen molar-refractivity contribution in [3.8, 4) is 0 Å². The molecule has 0 aliphatic heterocycles. The number of rotatable bonds is 4. The van der Waals surface area contributed by atoms with Gasteiger partial charge in [0.2, 0.25) is 0 Å². The Labute approximate surface area is 107 Å². The average Bonchev–Trinajstić information content (AvgIpc) is 2.73. The third-order valence-electron chi connectivity index (χ3n) is 2.85. The SMILES string of the molecule is CCc1cccc(C)c1NCc1csc(C)n1. The number of anilines is 1. The van der Waals surface area contributed by atoms with Gasteiger partial charge in [-0.15, -0.1) is 11.3 Å². The molecule has 1 aromatic carbocycles. The summed E-state index contributed by atoms with van der Waals surface area (Å²) in [5.74, 6) is 0. The van der Waals surface area contributed by atoms with Crippen molar-refractivity contribution in [2.45, 2.75) is 33.7 Å². The molecule has 0 aliphatic carbocycles. The second-order valence-corrected chi connectivity index (χ2v) is 5.24. The van der Waals surface area contributed by atoms with E-state index in [9.17, 15) is 0 Å². The summed E-state index contributed by atoms with van der Waals surface area (Å²) in [6.07, 6.45) is 1.06. The molecule has 1 N–H and O–H groups in total. The zero-order valence-electron chi connectivity index (χ0n) is 10.6. The molecular formula is C14H18N2S. The van der Waals surface area contributed by atoms with E-state index in [2.05, 4.69) is 47.7 Å². The van der Waals surface area contributed by atoms with E-state index >= 15 is 0 Å². The molecule has 0 fully saturated rings. The lowest BCUT2D eigenvalue weighted by Gasteiger charge is -2.13. The molecule has 0 saturated carbocycles. The number of nitrogens with one attached hydrogen (secondary N) is 1. The Kier molecular flexibility index (Phi) is 3.79. The van der Waals surface area contributed by atoms with Crippen LogP contribution in [0.25, 0.3) is 0 Å². The highest BCUT2D eigenvalue weighted by Crippen LogP contribution is 2.22. The smallest absolute Gasteiger partial charge is 0.0898 e. The number of nitrogens with zero attached hydrogens (tertiary/aromatic N) is 1. The van der Waals surface area contributed by atoms with Crippen LogP contribution in [-0.2, 0) is 13.0 Å². The van der Waals surface area contributed by atoms with Gasteiger partial charge in [-0.2, -0.15) is 0 Å². The molecule has 0 saturated heterocycles. The summed E-state index contributed by atoms with van der Waals surface area (Å²) < 4.78 is 0. The maximum atomic E-state index is 4.47. The lowest BCUT2D eigenvalue weighted by molar-refractivity contribution is 1.03. The van der Waals surface area contributed by atoms with E-state index in [4.69, 9.17) is 0 Å². The molecule has 1 heterocycles. The number of benzene rings is 1. The molecule has 0 unspecified atom stereocenters. The van der Waals surface area contributed by atoms with Crippen LogP contribution in [0.4, 0.5) is 5.69 Å². The van der Waals surface area contributed by atoms with Crippen LogP contribution in [0.5, 0.6) is 0 Å². The van der Waals surface area contributed by atoms with E-state index in [0.717, 1.165) is 23.7 Å².